The standard InChI is InChI=1S/C9H9Br2NO/c10-7-3-9(12-4-8(7)11)6-1-2-13-5-6/h3-4,6H,1-2,5H2. The average molecular weight is 307 g/mol. The predicted octanol–water partition coefficient (Wildman–Crippen LogP) is 3.11. The number of hydrogen-bond donors (Lipinski definition) is 0. The lowest BCUT2D eigenvalue weighted by molar-refractivity contribution is 0.193. The van der Waals surface area contributed by atoms with Crippen molar-refractivity contribution >= 4 is 31.9 Å². The normalized spacial score (nSPS) is 22.2. The largest absolute Gasteiger partial charge is 0.381 e. The second-order valence-corrected chi connectivity index (χ2v) is 4.79. The van der Waals surface area contributed by atoms with Crippen LogP contribution in [-0.4, -0.2) is 18.2 Å². The number of hydrogen-bond acceptors (Lipinski definition) is 2. The molecule has 0 radical (unpaired) electrons. The molecule has 1 unspecified atom stereocenters. The van der Waals surface area contributed by atoms with Gasteiger partial charge in [0.2, 0.25) is 0 Å². The first-order chi connectivity index (χ1) is 6.27. The summed E-state index contributed by atoms with van der Waals surface area (Å²) in [5.74, 6) is 0.476. The summed E-state index contributed by atoms with van der Waals surface area (Å²) in [5.41, 5.74) is 1.12. The van der Waals surface area contributed by atoms with Gasteiger partial charge in [0.05, 0.1) is 11.1 Å². The Morgan fingerprint density at radius 2 is 2.23 bits per heavy atom. The minimum atomic E-state index is 0.476. The van der Waals surface area contributed by atoms with E-state index in [9.17, 15) is 0 Å². The number of rotatable bonds is 1. The zero-order valence-corrected chi connectivity index (χ0v) is 10.1. The molecule has 0 aliphatic carbocycles. The molecule has 1 aliphatic heterocycles. The summed E-state index contributed by atoms with van der Waals surface area (Å²) in [6.07, 6.45) is 2.92. The summed E-state index contributed by atoms with van der Waals surface area (Å²) in [4.78, 5) is 4.36. The lowest BCUT2D eigenvalue weighted by atomic mass is 10.0. The van der Waals surface area contributed by atoms with Crippen LogP contribution in [0.2, 0.25) is 0 Å². The monoisotopic (exact) mass is 305 g/mol. The fourth-order valence-electron chi connectivity index (χ4n) is 1.42. The van der Waals surface area contributed by atoms with Gasteiger partial charge in [-0.2, -0.15) is 0 Å². The van der Waals surface area contributed by atoms with Crippen LogP contribution in [-0.2, 0) is 4.74 Å². The van der Waals surface area contributed by atoms with Gasteiger partial charge in [-0.3, -0.25) is 4.98 Å². The maximum atomic E-state index is 5.31. The maximum Gasteiger partial charge on any atom is 0.0550 e. The number of pyridine rings is 1. The van der Waals surface area contributed by atoms with Crippen LogP contribution in [0.1, 0.15) is 18.0 Å². The fourth-order valence-corrected chi connectivity index (χ4v) is 1.97. The summed E-state index contributed by atoms with van der Waals surface area (Å²) in [7, 11) is 0. The second kappa shape index (κ2) is 4.07. The third kappa shape index (κ3) is 2.11. The third-order valence-electron chi connectivity index (χ3n) is 2.18. The minimum Gasteiger partial charge on any atom is -0.381 e. The molecule has 13 heavy (non-hydrogen) atoms. The highest BCUT2D eigenvalue weighted by Crippen LogP contribution is 2.28. The van der Waals surface area contributed by atoms with Crippen LogP contribution >= 0.6 is 31.9 Å². The zero-order chi connectivity index (χ0) is 9.26. The molecule has 1 saturated heterocycles. The van der Waals surface area contributed by atoms with Gasteiger partial charge in [0.1, 0.15) is 0 Å². The quantitative estimate of drug-likeness (QED) is 0.795. The highest BCUT2D eigenvalue weighted by atomic mass is 79.9. The molecule has 0 saturated carbocycles. The van der Waals surface area contributed by atoms with Crippen molar-refractivity contribution in [3.05, 3.63) is 26.9 Å². The number of halogens is 2. The van der Waals surface area contributed by atoms with Gasteiger partial charge in [-0.25, -0.2) is 0 Å². The van der Waals surface area contributed by atoms with Gasteiger partial charge in [-0.15, -0.1) is 0 Å². The van der Waals surface area contributed by atoms with E-state index in [1.54, 1.807) is 0 Å². The summed E-state index contributed by atoms with van der Waals surface area (Å²) >= 11 is 6.86. The molecule has 0 bridgehead atoms. The molecule has 2 rings (SSSR count). The predicted molar refractivity (Wildman–Crippen MR) is 57.8 cm³/mol. The van der Waals surface area contributed by atoms with E-state index in [2.05, 4.69) is 42.9 Å². The molecule has 0 amide bonds. The van der Waals surface area contributed by atoms with Crippen molar-refractivity contribution in [3.63, 3.8) is 0 Å². The molecule has 1 fully saturated rings. The molecule has 0 spiro atoms. The zero-order valence-electron chi connectivity index (χ0n) is 6.96. The summed E-state index contributed by atoms with van der Waals surface area (Å²) in [6, 6.07) is 2.06. The molecule has 1 atom stereocenters. The first-order valence-electron chi connectivity index (χ1n) is 4.16. The Morgan fingerprint density at radius 1 is 1.38 bits per heavy atom. The molecule has 70 valence electrons. The van der Waals surface area contributed by atoms with Crippen LogP contribution in [0.5, 0.6) is 0 Å². The summed E-state index contributed by atoms with van der Waals surface area (Å²) in [6.45, 7) is 1.67. The van der Waals surface area contributed by atoms with Crippen molar-refractivity contribution in [2.24, 2.45) is 0 Å². The molecule has 1 aromatic heterocycles. The molecule has 2 heterocycles. The van der Waals surface area contributed by atoms with Gasteiger partial charge < -0.3 is 4.74 Å². The first kappa shape index (κ1) is 9.62. The molecule has 1 aliphatic rings. The van der Waals surface area contributed by atoms with Gasteiger partial charge in [-0.1, -0.05) is 0 Å². The van der Waals surface area contributed by atoms with Crippen molar-refractivity contribution in [3.8, 4) is 0 Å². The van der Waals surface area contributed by atoms with Crippen molar-refractivity contribution in [1.29, 1.82) is 0 Å². The molecule has 2 nitrogen and oxygen atoms in total. The second-order valence-electron chi connectivity index (χ2n) is 3.08. The van der Waals surface area contributed by atoms with Gasteiger partial charge in [-0.05, 0) is 44.3 Å². The van der Waals surface area contributed by atoms with E-state index in [1.807, 2.05) is 6.20 Å². The Hall–Kier alpha value is 0.0700. The van der Waals surface area contributed by atoms with Crippen LogP contribution in [0.4, 0.5) is 0 Å². The van der Waals surface area contributed by atoms with E-state index in [0.29, 0.717) is 5.92 Å². The topological polar surface area (TPSA) is 22.1 Å². The van der Waals surface area contributed by atoms with Crippen molar-refractivity contribution < 1.29 is 4.74 Å². The maximum absolute atomic E-state index is 5.31. The molecular formula is C9H9Br2NO. The molecule has 4 heteroatoms. The molecular weight excluding hydrogens is 298 g/mol. The van der Waals surface area contributed by atoms with Crippen LogP contribution < -0.4 is 0 Å². The highest BCUT2D eigenvalue weighted by molar-refractivity contribution is 9.13. The summed E-state index contributed by atoms with van der Waals surface area (Å²) in [5, 5.41) is 0. The van der Waals surface area contributed by atoms with E-state index in [1.165, 1.54) is 0 Å². The Morgan fingerprint density at radius 3 is 2.85 bits per heavy atom. The lowest BCUT2D eigenvalue weighted by Gasteiger charge is -2.07. The number of nitrogens with zero attached hydrogens (tertiary/aromatic N) is 1. The van der Waals surface area contributed by atoms with Gasteiger partial charge in [0.25, 0.3) is 0 Å². The van der Waals surface area contributed by atoms with Crippen LogP contribution in [0.25, 0.3) is 0 Å². The number of ether oxygens (including phenoxy) is 1. The van der Waals surface area contributed by atoms with Crippen LogP contribution in [0, 0.1) is 0 Å². The molecule has 1 aromatic rings. The lowest BCUT2D eigenvalue weighted by Crippen LogP contribution is -2.00. The van der Waals surface area contributed by atoms with E-state index in [0.717, 1.165) is 34.3 Å². The molecule has 0 aromatic carbocycles. The van der Waals surface area contributed by atoms with Crippen molar-refractivity contribution in [1.82, 2.24) is 4.98 Å². The van der Waals surface area contributed by atoms with Gasteiger partial charge in [0.15, 0.2) is 0 Å². The van der Waals surface area contributed by atoms with Crippen molar-refractivity contribution in [2.75, 3.05) is 13.2 Å². The average Bonchev–Trinajstić information content (AvgIpc) is 2.62. The number of aromatic nitrogens is 1. The summed E-state index contributed by atoms with van der Waals surface area (Å²) < 4.78 is 7.37. The minimum absolute atomic E-state index is 0.476. The van der Waals surface area contributed by atoms with Crippen molar-refractivity contribution in [2.45, 2.75) is 12.3 Å². The van der Waals surface area contributed by atoms with E-state index < -0.39 is 0 Å². The molecule has 0 N–H and O–H groups in total. The van der Waals surface area contributed by atoms with Crippen LogP contribution in [0.15, 0.2) is 21.2 Å². The Kier molecular flexibility index (Phi) is 3.01. The van der Waals surface area contributed by atoms with E-state index in [-0.39, 0.29) is 0 Å². The van der Waals surface area contributed by atoms with Gasteiger partial charge in [0, 0.05) is 28.9 Å². The van der Waals surface area contributed by atoms with Crippen LogP contribution in [0.3, 0.4) is 0 Å². The Labute approximate surface area is 94.0 Å². The Balaban J connectivity index is 2.25. The third-order valence-corrected chi connectivity index (χ3v) is 4.00. The van der Waals surface area contributed by atoms with E-state index in [4.69, 9.17) is 4.74 Å². The first-order valence-corrected chi connectivity index (χ1v) is 5.74. The van der Waals surface area contributed by atoms with E-state index >= 15 is 0 Å². The SMILES string of the molecule is Brc1cnc(C2CCOC2)cc1Br. The van der Waals surface area contributed by atoms with Gasteiger partial charge >= 0.3 is 0 Å². The smallest absolute Gasteiger partial charge is 0.0550 e. The highest BCUT2D eigenvalue weighted by Gasteiger charge is 2.19. The fraction of sp³-hybridized carbons (Fsp3) is 0.444. The Bertz CT molecular complexity index is 310.